The molecule has 7 heteroatoms. The SMILES string of the molecule is OCc1cc(C2CC2)nn1Cc1ccc(C(F)(F)F)cc1Cl. The average Bonchev–Trinajstić information content (AvgIpc) is 3.22. The van der Waals surface area contributed by atoms with Crippen LogP contribution in [0, 0.1) is 0 Å². The van der Waals surface area contributed by atoms with Gasteiger partial charge in [0.1, 0.15) is 0 Å². The van der Waals surface area contributed by atoms with Crippen LogP contribution in [-0.4, -0.2) is 14.9 Å². The quantitative estimate of drug-likeness (QED) is 0.921. The van der Waals surface area contributed by atoms with Gasteiger partial charge in [-0.15, -0.1) is 0 Å². The van der Waals surface area contributed by atoms with Gasteiger partial charge >= 0.3 is 6.18 Å². The maximum absolute atomic E-state index is 12.6. The van der Waals surface area contributed by atoms with E-state index in [0.717, 1.165) is 30.7 Å². The molecule has 1 aliphatic carbocycles. The van der Waals surface area contributed by atoms with Crippen LogP contribution in [-0.2, 0) is 19.3 Å². The lowest BCUT2D eigenvalue weighted by molar-refractivity contribution is -0.137. The molecular weight excluding hydrogens is 317 g/mol. The summed E-state index contributed by atoms with van der Waals surface area (Å²) >= 11 is 5.96. The topological polar surface area (TPSA) is 38.1 Å². The van der Waals surface area contributed by atoms with Crippen molar-refractivity contribution < 1.29 is 18.3 Å². The summed E-state index contributed by atoms with van der Waals surface area (Å²) in [5.74, 6) is 0.439. The van der Waals surface area contributed by atoms with Crippen molar-refractivity contribution in [2.75, 3.05) is 0 Å². The van der Waals surface area contributed by atoms with Crippen LogP contribution in [0.1, 0.15) is 41.3 Å². The molecule has 0 radical (unpaired) electrons. The van der Waals surface area contributed by atoms with Crippen molar-refractivity contribution in [1.82, 2.24) is 9.78 Å². The Kier molecular flexibility index (Phi) is 3.91. The first kappa shape index (κ1) is 15.4. The largest absolute Gasteiger partial charge is 0.416 e. The Morgan fingerprint density at radius 1 is 1.27 bits per heavy atom. The fourth-order valence-electron chi connectivity index (χ4n) is 2.33. The molecule has 3 rings (SSSR count). The van der Waals surface area contributed by atoms with Gasteiger partial charge in [-0.25, -0.2) is 0 Å². The molecule has 1 aliphatic rings. The monoisotopic (exact) mass is 330 g/mol. The van der Waals surface area contributed by atoms with Crippen molar-refractivity contribution in [3.05, 3.63) is 51.8 Å². The number of rotatable bonds is 4. The Morgan fingerprint density at radius 3 is 2.55 bits per heavy atom. The maximum Gasteiger partial charge on any atom is 0.416 e. The number of halogens is 4. The second-order valence-corrected chi connectivity index (χ2v) is 5.86. The van der Waals surface area contributed by atoms with Gasteiger partial charge < -0.3 is 5.11 Å². The average molecular weight is 331 g/mol. The van der Waals surface area contributed by atoms with Crippen LogP contribution in [0.3, 0.4) is 0 Å². The Labute approximate surface area is 130 Å². The highest BCUT2D eigenvalue weighted by molar-refractivity contribution is 6.31. The normalized spacial score (nSPS) is 15.3. The Balaban J connectivity index is 1.86. The summed E-state index contributed by atoms with van der Waals surface area (Å²) in [6.07, 6.45) is -2.24. The first-order chi connectivity index (χ1) is 10.4. The van der Waals surface area contributed by atoms with Gasteiger partial charge in [0, 0.05) is 10.9 Å². The van der Waals surface area contributed by atoms with E-state index < -0.39 is 11.7 Å². The Morgan fingerprint density at radius 2 is 2.00 bits per heavy atom. The zero-order valence-electron chi connectivity index (χ0n) is 11.6. The summed E-state index contributed by atoms with van der Waals surface area (Å²) in [5.41, 5.74) is 1.32. The number of nitrogens with zero attached hydrogens (tertiary/aromatic N) is 2. The van der Waals surface area contributed by atoms with Crippen molar-refractivity contribution >= 4 is 11.6 Å². The molecule has 3 nitrogen and oxygen atoms in total. The predicted molar refractivity (Wildman–Crippen MR) is 75.7 cm³/mol. The molecule has 1 heterocycles. The lowest BCUT2D eigenvalue weighted by Crippen LogP contribution is -2.09. The third-order valence-corrected chi connectivity index (χ3v) is 4.09. The second kappa shape index (κ2) is 5.59. The van der Waals surface area contributed by atoms with E-state index in [1.165, 1.54) is 6.07 Å². The number of aromatic nitrogens is 2. The molecule has 0 spiro atoms. The van der Waals surface area contributed by atoms with Gasteiger partial charge in [0.25, 0.3) is 0 Å². The van der Waals surface area contributed by atoms with Crippen molar-refractivity contribution in [2.45, 2.75) is 38.1 Å². The van der Waals surface area contributed by atoms with Crippen LogP contribution in [0.15, 0.2) is 24.3 Å². The van der Waals surface area contributed by atoms with Crippen LogP contribution >= 0.6 is 11.6 Å². The molecule has 0 aliphatic heterocycles. The zero-order valence-corrected chi connectivity index (χ0v) is 12.3. The van der Waals surface area contributed by atoms with Crippen LogP contribution in [0.4, 0.5) is 13.2 Å². The standard InChI is InChI=1S/C15H14ClF3N2O/c16-13-5-11(15(17,18)19)4-3-10(13)7-21-12(8-22)6-14(20-21)9-1-2-9/h3-6,9,22H,1-2,7-8H2. The molecule has 1 fully saturated rings. The summed E-state index contributed by atoms with van der Waals surface area (Å²) in [5, 5.41) is 13.9. The highest BCUT2D eigenvalue weighted by Gasteiger charge is 2.31. The van der Waals surface area contributed by atoms with Crippen molar-refractivity contribution in [3.8, 4) is 0 Å². The zero-order chi connectivity index (χ0) is 15.9. The minimum Gasteiger partial charge on any atom is -0.390 e. The van der Waals surface area contributed by atoms with Gasteiger partial charge in [-0.1, -0.05) is 17.7 Å². The molecule has 0 atom stereocenters. The molecule has 0 bridgehead atoms. The van der Waals surface area contributed by atoms with Crippen LogP contribution in [0.5, 0.6) is 0 Å². The lowest BCUT2D eigenvalue weighted by atomic mass is 10.1. The fraction of sp³-hybridized carbons (Fsp3) is 0.400. The van der Waals surface area contributed by atoms with Crippen molar-refractivity contribution in [1.29, 1.82) is 0 Å². The number of aliphatic hydroxyl groups excluding tert-OH is 1. The summed E-state index contributed by atoms with van der Waals surface area (Å²) in [7, 11) is 0. The molecule has 0 amide bonds. The third-order valence-electron chi connectivity index (χ3n) is 3.74. The molecule has 118 valence electrons. The van der Waals surface area contributed by atoms with E-state index in [0.29, 0.717) is 17.2 Å². The number of aliphatic hydroxyl groups is 1. The van der Waals surface area contributed by atoms with E-state index in [1.807, 2.05) is 6.07 Å². The summed E-state index contributed by atoms with van der Waals surface area (Å²) in [4.78, 5) is 0. The molecular formula is C15H14ClF3N2O. The minimum atomic E-state index is -4.41. The first-order valence-corrected chi connectivity index (χ1v) is 7.29. The van der Waals surface area contributed by atoms with E-state index in [-0.39, 0.29) is 18.2 Å². The second-order valence-electron chi connectivity index (χ2n) is 5.45. The van der Waals surface area contributed by atoms with Gasteiger partial charge in [0.05, 0.1) is 30.1 Å². The summed E-state index contributed by atoms with van der Waals surface area (Å²) < 4.78 is 39.5. The molecule has 1 N–H and O–H groups in total. The van der Waals surface area contributed by atoms with Gasteiger partial charge in [-0.2, -0.15) is 18.3 Å². The Hall–Kier alpha value is -1.53. The smallest absolute Gasteiger partial charge is 0.390 e. The highest BCUT2D eigenvalue weighted by atomic mass is 35.5. The minimum absolute atomic E-state index is 0.0437. The molecule has 1 aromatic heterocycles. The fourth-order valence-corrected chi connectivity index (χ4v) is 2.57. The van der Waals surface area contributed by atoms with Gasteiger partial charge in [0.15, 0.2) is 0 Å². The van der Waals surface area contributed by atoms with Gasteiger partial charge in [0.2, 0.25) is 0 Å². The van der Waals surface area contributed by atoms with Crippen LogP contribution in [0.2, 0.25) is 5.02 Å². The summed E-state index contributed by atoms with van der Waals surface area (Å²) in [6, 6.07) is 5.12. The number of alkyl halides is 3. The van der Waals surface area contributed by atoms with E-state index in [9.17, 15) is 18.3 Å². The Bertz CT molecular complexity index is 693. The first-order valence-electron chi connectivity index (χ1n) is 6.91. The lowest BCUT2D eigenvalue weighted by Gasteiger charge is -2.11. The predicted octanol–water partition coefficient (Wildman–Crippen LogP) is 3.97. The maximum atomic E-state index is 12.6. The van der Waals surface area contributed by atoms with Crippen molar-refractivity contribution in [2.24, 2.45) is 0 Å². The molecule has 22 heavy (non-hydrogen) atoms. The third kappa shape index (κ3) is 3.13. The van der Waals surface area contributed by atoms with Crippen LogP contribution in [0.25, 0.3) is 0 Å². The number of hydrogen-bond donors (Lipinski definition) is 1. The highest BCUT2D eigenvalue weighted by Crippen LogP contribution is 2.39. The van der Waals surface area contributed by atoms with E-state index in [2.05, 4.69) is 5.10 Å². The van der Waals surface area contributed by atoms with E-state index >= 15 is 0 Å². The molecule has 0 saturated heterocycles. The summed E-state index contributed by atoms with van der Waals surface area (Å²) in [6.45, 7) is 0.0670. The number of hydrogen-bond acceptors (Lipinski definition) is 2. The van der Waals surface area contributed by atoms with Gasteiger partial charge in [-0.05, 0) is 36.6 Å². The molecule has 1 saturated carbocycles. The van der Waals surface area contributed by atoms with E-state index in [4.69, 9.17) is 11.6 Å². The molecule has 0 unspecified atom stereocenters. The van der Waals surface area contributed by atoms with E-state index in [1.54, 1.807) is 4.68 Å². The van der Waals surface area contributed by atoms with Gasteiger partial charge in [-0.3, -0.25) is 4.68 Å². The van der Waals surface area contributed by atoms with Crippen molar-refractivity contribution in [3.63, 3.8) is 0 Å². The molecule has 2 aromatic rings. The molecule has 1 aromatic carbocycles. The number of benzene rings is 1. The van der Waals surface area contributed by atoms with Crippen LogP contribution < -0.4 is 0 Å².